The number of benzene rings is 2. The van der Waals surface area contributed by atoms with E-state index in [0.717, 1.165) is 6.08 Å². The number of rotatable bonds is 7. The van der Waals surface area contributed by atoms with Crippen LogP contribution in [0.5, 0.6) is 17.2 Å². The van der Waals surface area contributed by atoms with Gasteiger partial charge in [0.25, 0.3) is 0 Å². The Hall–Kier alpha value is -2.54. The fraction of sp³-hybridized carbons (Fsp3) is 0.167. The summed E-state index contributed by atoms with van der Waals surface area (Å²) in [5.74, 6) is -0.376. The largest absolute Gasteiger partial charge is 0.497 e. The summed E-state index contributed by atoms with van der Waals surface area (Å²) < 4.78 is 30.5. The quantitative estimate of drug-likeness (QED) is 0.526. The summed E-state index contributed by atoms with van der Waals surface area (Å²) in [6, 6.07) is 11.0. The molecule has 1 N–H and O–H groups in total. The third-order valence-corrected chi connectivity index (χ3v) is 3.65. The van der Waals surface area contributed by atoms with Gasteiger partial charge in [0, 0.05) is 4.47 Å². The predicted molar refractivity (Wildman–Crippen MR) is 93.4 cm³/mol. The van der Waals surface area contributed by atoms with Crippen molar-refractivity contribution in [3.8, 4) is 17.2 Å². The van der Waals surface area contributed by atoms with Gasteiger partial charge < -0.3 is 19.3 Å². The second-order valence-corrected chi connectivity index (χ2v) is 5.91. The average molecular weight is 411 g/mol. The number of carbonyl (C=O) groups is 1. The summed E-state index contributed by atoms with van der Waals surface area (Å²) in [5.41, 5.74) is 0. The molecule has 1 unspecified atom stereocenters. The number of hydrogen-bond donors (Lipinski definition) is 1. The van der Waals surface area contributed by atoms with E-state index in [1.54, 1.807) is 37.3 Å². The average Bonchev–Trinajstić information content (AvgIpc) is 2.56. The van der Waals surface area contributed by atoms with Crippen LogP contribution in [0.3, 0.4) is 0 Å². The first-order valence-electron chi connectivity index (χ1n) is 7.27. The highest BCUT2D eigenvalue weighted by Gasteiger charge is 2.13. The smallest absolute Gasteiger partial charge is 0.331 e. The van der Waals surface area contributed by atoms with E-state index in [2.05, 4.69) is 15.9 Å². The topological polar surface area (TPSA) is 65.0 Å². The fourth-order valence-electron chi connectivity index (χ4n) is 2.00. The Kier molecular flexibility index (Phi) is 6.41. The molecule has 5 nitrogen and oxygen atoms in total. The molecule has 0 bridgehead atoms. The van der Waals surface area contributed by atoms with Crippen molar-refractivity contribution in [1.29, 1.82) is 0 Å². The zero-order valence-corrected chi connectivity index (χ0v) is 15.1. The lowest BCUT2D eigenvalue weighted by atomic mass is 10.2. The van der Waals surface area contributed by atoms with Crippen molar-refractivity contribution in [1.82, 2.24) is 0 Å². The molecule has 0 aromatic heterocycles. The maximum Gasteiger partial charge on any atom is 0.331 e. The first-order valence-corrected chi connectivity index (χ1v) is 8.06. The number of aliphatic carboxylic acids is 1. The summed E-state index contributed by atoms with van der Waals surface area (Å²) in [6.45, 7) is 1.67. The standard InChI is InChI=1S/C18H16BrFO5/c1-11(17(23-2)10-18(21)22)24-13-4-6-14(7-5-13)25-16-8-3-12(19)9-15(16)20/h3-11H,1-2H3,(H,21,22). The van der Waals surface area contributed by atoms with Gasteiger partial charge >= 0.3 is 5.97 Å². The highest BCUT2D eigenvalue weighted by atomic mass is 79.9. The Morgan fingerprint density at radius 1 is 1.20 bits per heavy atom. The van der Waals surface area contributed by atoms with Gasteiger partial charge in [0.15, 0.2) is 17.7 Å². The minimum atomic E-state index is -1.12. The van der Waals surface area contributed by atoms with Gasteiger partial charge in [-0.1, -0.05) is 15.9 Å². The van der Waals surface area contributed by atoms with E-state index in [9.17, 15) is 9.18 Å². The second kappa shape index (κ2) is 8.53. The molecule has 0 radical (unpaired) electrons. The summed E-state index contributed by atoms with van der Waals surface area (Å²) in [6.07, 6.45) is 0.357. The van der Waals surface area contributed by atoms with Crippen molar-refractivity contribution in [3.63, 3.8) is 0 Å². The highest BCUT2D eigenvalue weighted by Crippen LogP contribution is 2.28. The van der Waals surface area contributed by atoms with E-state index >= 15 is 0 Å². The molecule has 2 aromatic carbocycles. The summed E-state index contributed by atoms with van der Waals surface area (Å²) in [4.78, 5) is 10.7. The first-order chi connectivity index (χ1) is 11.9. The van der Waals surface area contributed by atoms with Crippen LogP contribution in [0.15, 0.2) is 58.8 Å². The van der Waals surface area contributed by atoms with Gasteiger partial charge in [0.2, 0.25) is 0 Å². The molecule has 0 saturated carbocycles. The van der Waals surface area contributed by atoms with E-state index in [1.807, 2.05) is 0 Å². The van der Waals surface area contributed by atoms with Crippen molar-refractivity contribution in [2.75, 3.05) is 7.11 Å². The van der Waals surface area contributed by atoms with E-state index < -0.39 is 17.9 Å². The molecule has 0 amide bonds. The third kappa shape index (κ3) is 5.49. The number of methoxy groups -OCH3 is 1. The van der Waals surface area contributed by atoms with Crippen LogP contribution >= 0.6 is 15.9 Å². The molecule has 0 spiro atoms. The molecule has 0 aliphatic heterocycles. The van der Waals surface area contributed by atoms with E-state index in [-0.39, 0.29) is 11.5 Å². The number of carboxylic acid groups (broad SMARTS) is 1. The van der Waals surface area contributed by atoms with Crippen molar-refractivity contribution in [2.24, 2.45) is 0 Å². The van der Waals surface area contributed by atoms with Crippen LogP contribution in [0.25, 0.3) is 0 Å². The van der Waals surface area contributed by atoms with Crippen LogP contribution in [0.4, 0.5) is 4.39 Å². The maximum atomic E-state index is 13.8. The van der Waals surface area contributed by atoms with E-state index in [4.69, 9.17) is 19.3 Å². The summed E-state index contributed by atoms with van der Waals surface area (Å²) in [7, 11) is 1.37. The number of carboxylic acids is 1. The van der Waals surface area contributed by atoms with Gasteiger partial charge in [-0.15, -0.1) is 0 Å². The molecule has 7 heteroatoms. The van der Waals surface area contributed by atoms with Crippen molar-refractivity contribution >= 4 is 21.9 Å². The summed E-state index contributed by atoms with van der Waals surface area (Å²) >= 11 is 3.18. The first kappa shape index (κ1) is 18.8. The molecule has 0 heterocycles. The molecule has 0 aliphatic carbocycles. The zero-order valence-electron chi connectivity index (χ0n) is 13.5. The normalized spacial score (nSPS) is 12.4. The molecule has 25 heavy (non-hydrogen) atoms. The molecule has 0 aliphatic rings. The SMILES string of the molecule is COC(=CC(=O)O)C(C)Oc1ccc(Oc2ccc(Br)cc2F)cc1. The minimum Gasteiger partial charge on any atom is -0.497 e. The van der Waals surface area contributed by atoms with Crippen LogP contribution in [0.1, 0.15) is 6.92 Å². The Morgan fingerprint density at radius 2 is 1.84 bits per heavy atom. The minimum absolute atomic E-state index is 0.108. The Labute approximate surface area is 152 Å². The molecule has 132 valence electrons. The molecule has 2 rings (SSSR count). The lowest BCUT2D eigenvalue weighted by Gasteiger charge is -2.17. The monoisotopic (exact) mass is 410 g/mol. The molecule has 2 aromatic rings. The maximum absolute atomic E-state index is 13.8. The Bertz CT molecular complexity index is 774. The van der Waals surface area contributed by atoms with Gasteiger partial charge in [0.05, 0.1) is 13.2 Å². The van der Waals surface area contributed by atoms with Gasteiger partial charge in [-0.3, -0.25) is 0 Å². The third-order valence-electron chi connectivity index (χ3n) is 3.16. The second-order valence-electron chi connectivity index (χ2n) is 5.00. The van der Waals surface area contributed by atoms with E-state index in [1.165, 1.54) is 19.2 Å². The lowest BCUT2D eigenvalue weighted by Crippen LogP contribution is -2.17. The van der Waals surface area contributed by atoms with Crippen LogP contribution in [-0.2, 0) is 9.53 Å². The molecule has 0 saturated heterocycles. The molecular weight excluding hydrogens is 395 g/mol. The van der Waals surface area contributed by atoms with Crippen LogP contribution in [0.2, 0.25) is 0 Å². The zero-order chi connectivity index (χ0) is 18.4. The van der Waals surface area contributed by atoms with Gasteiger partial charge in [-0.2, -0.15) is 0 Å². The Morgan fingerprint density at radius 3 is 2.40 bits per heavy atom. The van der Waals surface area contributed by atoms with Crippen LogP contribution in [-0.4, -0.2) is 24.3 Å². The van der Waals surface area contributed by atoms with Gasteiger partial charge in [-0.25, -0.2) is 9.18 Å². The number of ether oxygens (including phenoxy) is 3. The van der Waals surface area contributed by atoms with E-state index in [0.29, 0.717) is 16.0 Å². The highest BCUT2D eigenvalue weighted by molar-refractivity contribution is 9.10. The van der Waals surface area contributed by atoms with Crippen LogP contribution in [0, 0.1) is 5.82 Å². The molecule has 1 atom stereocenters. The van der Waals surface area contributed by atoms with Crippen molar-refractivity contribution in [2.45, 2.75) is 13.0 Å². The summed E-state index contributed by atoms with van der Waals surface area (Å²) in [5, 5.41) is 8.78. The number of hydrogen-bond acceptors (Lipinski definition) is 4. The Balaban J connectivity index is 2.05. The fourth-order valence-corrected chi connectivity index (χ4v) is 2.33. The van der Waals surface area contributed by atoms with Crippen molar-refractivity contribution in [3.05, 3.63) is 64.6 Å². The molecular formula is C18H16BrFO5. The molecule has 0 fully saturated rings. The van der Waals surface area contributed by atoms with Crippen LogP contribution < -0.4 is 9.47 Å². The van der Waals surface area contributed by atoms with Crippen molar-refractivity contribution < 1.29 is 28.5 Å². The van der Waals surface area contributed by atoms with Gasteiger partial charge in [-0.05, 0) is 49.4 Å². The lowest BCUT2D eigenvalue weighted by molar-refractivity contribution is -0.131. The predicted octanol–water partition coefficient (Wildman–Crippen LogP) is 4.76. The number of halogens is 2. The van der Waals surface area contributed by atoms with Gasteiger partial charge in [0.1, 0.15) is 17.3 Å².